The zero-order valence-electron chi connectivity index (χ0n) is 12.1. The lowest BCUT2D eigenvalue weighted by Gasteiger charge is -2.32. The van der Waals surface area contributed by atoms with Crippen LogP contribution in [0.3, 0.4) is 0 Å². The molecule has 1 aliphatic rings. The van der Waals surface area contributed by atoms with Crippen molar-refractivity contribution in [2.45, 2.75) is 39.2 Å². The molecular formula is C13H23N5O. The summed E-state index contributed by atoms with van der Waals surface area (Å²) in [7, 11) is 0. The fourth-order valence-electron chi connectivity index (χ4n) is 2.03. The summed E-state index contributed by atoms with van der Waals surface area (Å²) in [5.74, 6) is 7.85. The minimum absolute atomic E-state index is 0.112. The molecule has 0 bridgehead atoms. The van der Waals surface area contributed by atoms with Crippen molar-refractivity contribution in [3.8, 4) is 0 Å². The van der Waals surface area contributed by atoms with E-state index in [0.717, 1.165) is 31.3 Å². The first-order valence-electron chi connectivity index (χ1n) is 6.63. The molecule has 1 unspecified atom stereocenters. The fraction of sp³-hybridized carbons (Fsp3) is 0.692. The van der Waals surface area contributed by atoms with E-state index in [0.29, 0.717) is 5.82 Å². The van der Waals surface area contributed by atoms with Gasteiger partial charge in [-0.05, 0) is 6.92 Å². The highest BCUT2D eigenvalue weighted by Gasteiger charge is 2.23. The molecule has 1 aromatic rings. The maximum absolute atomic E-state index is 5.56. The number of hydrogen-bond acceptors (Lipinski definition) is 6. The molecule has 1 atom stereocenters. The van der Waals surface area contributed by atoms with Gasteiger partial charge in [-0.3, -0.25) is 0 Å². The van der Waals surface area contributed by atoms with Crippen LogP contribution in [0.4, 0.5) is 11.6 Å². The van der Waals surface area contributed by atoms with E-state index >= 15 is 0 Å². The zero-order chi connectivity index (χ0) is 14.0. The van der Waals surface area contributed by atoms with Crippen molar-refractivity contribution in [1.29, 1.82) is 0 Å². The third-order valence-electron chi connectivity index (χ3n) is 3.10. The van der Waals surface area contributed by atoms with Gasteiger partial charge in [0, 0.05) is 24.6 Å². The van der Waals surface area contributed by atoms with Gasteiger partial charge in [0.2, 0.25) is 0 Å². The summed E-state index contributed by atoms with van der Waals surface area (Å²) in [4.78, 5) is 11.3. The third kappa shape index (κ3) is 3.33. The van der Waals surface area contributed by atoms with Crippen LogP contribution in [0.25, 0.3) is 0 Å². The Morgan fingerprint density at radius 2 is 2.16 bits per heavy atom. The molecule has 1 aliphatic heterocycles. The predicted molar refractivity (Wildman–Crippen MR) is 76.2 cm³/mol. The van der Waals surface area contributed by atoms with E-state index in [9.17, 15) is 0 Å². The Bertz CT molecular complexity index is 443. The number of nitrogens with zero attached hydrogens (tertiary/aromatic N) is 3. The van der Waals surface area contributed by atoms with Gasteiger partial charge >= 0.3 is 0 Å². The van der Waals surface area contributed by atoms with E-state index in [1.807, 2.05) is 6.07 Å². The topological polar surface area (TPSA) is 76.3 Å². The van der Waals surface area contributed by atoms with E-state index in [4.69, 9.17) is 10.6 Å². The monoisotopic (exact) mass is 265 g/mol. The second kappa shape index (κ2) is 5.30. The summed E-state index contributed by atoms with van der Waals surface area (Å²) in [6.07, 6.45) is 0.219. The second-order valence-electron chi connectivity index (χ2n) is 5.96. The van der Waals surface area contributed by atoms with Crippen molar-refractivity contribution in [2.24, 2.45) is 5.84 Å². The Hall–Kier alpha value is -1.40. The number of nitrogens with one attached hydrogen (secondary N) is 1. The van der Waals surface area contributed by atoms with Crippen LogP contribution in [0.5, 0.6) is 0 Å². The fourth-order valence-corrected chi connectivity index (χ4v) is 2.03. The summed E-state index contributed by atoms with van der Waals surface area (Å²) in [5.41, 5.74) is 2.51. The molecule has 6 heteroatoms. The Balaban J connectivity index is 2.34. The number of hydrogen-bond donors (Lipinski definition) is 2. The van der Waals surface area contributed by atoms with Crippen molar-refractivity contribution < 1.29 is 4.74 Å². The molecule has 1 saturated heterocycles. The minimum Gasteiger partial charge on any atom is -0.375 e. The Kier molecular flexibility index (Phi) is 3.91. The molecule has 0 aromatic carbocycles. The molecule has 6 nitrogen and oxygen atoms in total. The highest BCUT2D eigenvalue weighted by atomic mass is 16.5. The summed E-state index contributed by atoms with van der Waals surface area (Å²) in [6.45, 7) is 10.7. The lowest BCUT2D eigenvalue weighted by atomic mass is 9.96. The van der Waals surface area contributed by atoms with Crippen molar-refractivity contribution in [2.75, 3.05) is 30.0 Å². The van der Waals surface area contributed by atoms with Crippen molar-refractivity contribution in [3.63, 3.8) is 0 Å². The van der Waals surface area contributed by atoms with E-state index in [2.05, 4.69) is 48.0 Å². The van der Waals surface area contributed by atoms with Gasteiger partial charge < -0.3 is 15.1 Å². The zero-order valence-corrected chi connectivity index (χ0v) is 12.1. The molecule has 2 heterocycles. The van der Waals surface area contributed by atoms with Gasteiger partial charge in [-0.25, -0.2) is 15.8 Å². The molecule has 3 N–H and O–H groups in total. The van der Waals surface area contributed by atoms with Gasteiger partial charge in [0.15, 0.2) is 0 Å². The van der Waals surface area contributed by atoms with Gasteiger partial charge in [0.25, 0.3) is 0 Å². The number of nitrogens with two attached hydrogens (primary N) is 1. The quantitative estimate of drug-likeness (QED) is 0.620. The van der Waals surface area contributed by atoms with Crippen molar-refractivity contribution in [1.82, 2.24) is 9.97 Å². The predicted octanol–water partition coefficient (Wildman–Crippen LogP) is 1.28. The van der Waals surface area contributed by atoms with E-state index < -0.39 is 0 Å². The largest absolute Gasteiger partial charge is 0.375 e. The maximum atomic E-state index is 5.56. The Morgan fingerprint density at radius 3 is 2.74 bits per heavy atom. The average Bonchev–Trinajstić information content (AvgIpc) is 2.37. The van der Waals surface area contributed by atoms with Crippen LogP contribution >= 0.6 is 0 Å². The molecule has 1 aromatic heterocycles. The highest BCUT2D eigenvalue weighted by molar-refractivity contribution is 5.49. The van der Waals surface area contributed by atoms with Crippen LogP contribution in [0.15, 0.2) is 6.07 Å². The molecule has 0 radical (unpaired) electrons. The number of aromatic nitrogens is 2. The van der Waals surface area contributed by atoms with E-state index in [1.54, 1.807) is 0 Å². The molecule has 0 saturated carbocycles. The lowest BCUT2D eigenvalue weighted by molar-refractivity contribution is 0.0529. The van der Waals surface area contributed by atoms with Crippen LogP contribution in [0.2, 0.25) is 0 Å². The van der Waals surface area contributed by atoms with Crippen LogP contribution in [0.1, 0.15) is 33.5 Å². The first-order chi connectivity index (χ1) is 8.90. The summed E-state index contributed by atoms with van der Waals surface area (Å²) >= 11 is 0. The number of hydrazine groups is 1. The van der Waals surface area contributed by atoms with Crippen LogP contribution < -0.4 is 16.2 Å². The Morgan fingerprint density at radius 1 is 1.42 bits per heavy atom. The van der Waals surface area contributed by atoms with Crippen LogP contribution in [-0.2, 0) is 10.2 Å². The number of rotatable bonds is 2. The van der Waals surface area contributed by atoms with Crippen molar-refractivity contribution >= 4 is 11.6 Å². The molecule has 0 spiro atoms. The number of ether oxygens (including phenoxy) is 1. The lowest BCUT2D eigenvalue weighted by Crippen LogP contribution is -2.42. The van der Waals surface area contributed by atoms with Gasteiger partial charge in [0.05, 0.1) is 12.7 Å². The molecule has 106 valence electrons. The molecule has 19 heavy (non-hydrogen) atoms. The second-order valence-corrected chi connectivity index (χ2v) is 5.96. The maximum Gasteiger partial charge on any atom is 0.145 e. The van der Waals surface area contributed by atoms with Gasteiger partial charge in [-0.15, -0.1) is 0 Å². The molecule has 2 rings (SSSR count). The molecule has 0 amide bonds. The standard InChI is InChI=1S/C13H23N5O/c1-9-8-18(5-6-19-9)11-7-10(17-14)15-12(16-11)13(2,3)4/h7,9H,5-6,8,14H2,1-4H3,(H,15,16,17). The normalized spacial score (nSPS) is 20.5. The highest BCUT2D eigenvalue weighted by Crippen LogP contribution is 2.24. The van der Waals surface area contributed by atoms with Gasteiger partial charge in [0.1, 0.15) is 17.5 Å². The molecule has 1 fully saturated rings. The smallest absolute Gasteiger partial charge is 0.145 e. The number of morpholine rings is 1. The van der Waals surface area contributed by atoms with Crippen molar-refractivity contribution in [3.05, 3.63) is 11.9 Å². The van der Waals surface area contributed by atoms with Crippen LogP contribution in [-0.4, -0.2) is 35.8 Å². The molecular weight excluding hydrogens is 242 g/mol. The van der Waals surface area contributed by atoms with E-state index in [1.165, 1.54) is 0 Å². The first kappa shape index (κ1) is 14.0. The summed E-state index contributed by atoms with van der Waals surface area (Å²) < 4.78 is 5.56. The Labute approximate surface area is 114 Å². The van der Waals surface area contributed by atoms with Gasteiger partial charge in [-0.2, -0.15) is 0 Å². The third-order valence-corrected chi connectivity index (χ3v) is 3.10. The summed E-state index contributed by atoms with van der Waals surface area (Å²) in [5, 5.41) is 0. The minimum atomic E-state index is -0.112. The number of nitrogen functional groups attached to an aromatic ring is 1. The number of anilines is 2. The summed E-state index contributed by atoms with van der Waals surface area (Å²) in [6, 6.07) is 1.88. The van der Waals surface area contributed by atoms with Gasteiger partial charge in [-0.1, -0.05) is 20.8 Å². The van der Waals surface area contributed by atoms with E-state index in [-0.39, 0.29) is 11.5 Å². The SMILES string of the molecule is CC1CN(c2cc(NN)nc(C(C)(C)C)n2)CCO1. The first-order valence-corrected chi connectivity index (χ1v) is 6.63. The van der Waals surface area contributed by atoms with Crippen LogP contribution in [0, 0.1) is 0 Å². The molecule has 0 aliphatic carbocycles. The average molecular weight is 265 g/mol.